The van der Waals surface area contributed by atoms with Crippen LogP contribution in [-0.2, 0) is 11.1 Å². The molecule has 1 atom stereocenters. The van der Waals surface area contributed by atoms with E-state index in [2.05, 4.69) is 15.9 Å². The van der Waals surface area contributed by atoms with Crippen LogP contribution in [0.3, 0.4) is 0 Å². The summed E-state index contributed by atoms with van der Waals surface area (Å²) in [6, 6.07) is 5.22. The van der Waals surface area contributed by atoms with E-state index in [9.17, 15) is 8.76 Å². The summed E-state index contributed by atoms with van der Waals surface area (Å²) in [7, 11) is 0. The Hall–Kier alpha value is 0.407. The maximum atomic E-state index is 10.7. The van der Waals surface area contributed by atoms with Crippen LogP contribution < -0.4 is 18.9 Å². The van der Waals surface area contributed by atoms with Crippen LogP contribution in [0.15, 0.2) is 27.6 Å². The molecule has 14 heavy (non-hydrogen) atoms. The number of benzene rings is 1. The molecule has 0 fully saturated rings. The molecule has 1 rings (SSSR count). The molecule has 0 saturated heterocycles. The third kappa shape index (κ3) is 3.88. The number of halogens is 1. The number of rotatable bonds is 2. The molecule has 2 nitrogen and oxygen atoms in total. The van der Waals surface area contributed by atoms with E-state index in [0.717, 1.165) is 10.0 Å². The first-order valence-corrected chi connectivity index (χ1v) is 5.77. The van der Waals surface area contributed by atoms with E-state index >= 15 is 0 Å². The topological polar surface area (TPSA) is 40.1 Å². The van der Waals surface area contributed by atoms with Crippen LogP contribution in [0.25, 0.3) is 0 Å². The van der Waals surface area contributed by atoms with E-state index in [0.29, 0.717) is 10.8 Å². The van der Waals surface area contributed by atoms with Crippen molar-refractivity contribution in [3.05, 3.63) is 28.2 Å². The first-order valence-electron chi connectivity index (χ1n) is 3.90. The zero-order chi connectivity index (χ0) is 10.0. The quantitative estimate of drug-likeness (QED) is 0.551. The first-order chi connectivity index (χ1) is 6.00. The minimum Gasteiger partial charge on any atom is -0.768 e. The molecule has 0 amide bonds. The summed E-state index contributed by atoms with van der Waals surface area (Å²) in [6.07, 6.45) is 0. The summed E-state index contributed by atoms with van der Waals surface area (Å²) in [4.78, 5) is 0.332. The van der Waals surface area contributed by atoms with E-state index < -0.39 is 11.1 Å². The predicted octanol–water partition coefficient (Wildman–Crippen LogP) is -0.185. The molecule has 1 aromatic rings. The minimum atomic E-state index is -2.15. The summed E-state index contributed by atoms with van der Waals surface area (Å²) in [5, 5.41) is 0. The molecule has 72 valence electrons. The Morgan fingerprint density at radius 3 is 2.36 bits per heavy atom. The van der Waals surface area contributed by atoms with Crippen molar-refractivity contribution >= 4 is 27.0 Å². The molecular formula is C9H10BrLiO2S. The van der Waals surface area contributed by atoms with E-state index in [1.807, 2.05) is 19.9 Å². The molecule has 5 heteroatoms. The third-order valence-electron chi connectivity index (χ3n) is 1.75. The van der Waals surface area contributed by atoms with Gasteiger partial charge in [-0.25, -0.2) is 0 Å². The van der Waals surface area contributed by atoms with Gasteiger partial charge in [-0.1, -0.05) is 29.8 Å². The van der Waals surface area contributed by atoms with Crippen molar-refractivity contribution in [2.75, 3.05) is 0 Å². The van der Waals surface area contributed by atoms with E-state index in [4.69, 9.17) is 0 Å². The van der Waals surface area contributed by atoms with Gasteiger partial charge in [-0.3, -0.25) is 4.21 Å². The van der Waals surface area contributed by atoms with E-state index in [-0.39, 0.29) is 18.9 Å². The molecule has 0 saturated carbocycles. The molecule has 1 unspecified atom stereocenters. The zero-order valence-electron chi connectivity index (χ0n) is 8.41. The molecule has 1 aromatic carbocycles. The van der Waals surface area contributed by atoms with Crippen LogP contribution >= 0.6 is 15.9 Å². The van der Waals surface area contributed by atoms with Gasteiger partial charge in [0.2, 0.25) is 0 Å². The molecule has 0 aliphatic carbocycles. The largest absolute Gasteiger partial charge is 1.00 e. The summed E-state index contributed by atoms with van der Waals surface area (Å²) >= 11 is 1.13. The Labute approximate surface area is 107 Å². The van der Waals surface area contributed by atoms with Gasteiger partial charge in [0.05, 0.1) is 0 Å². The monoisotopic (exact) mass is 268 g/mol. The van der Waals surface area contributed by atoms with Crippen LogP contribution in [0.1, 0.15) is 25.3 Å². The van der Waals surface area contributed by atoms with Gasteiger partial charge in [0.1, 0.15) is 0 Å². The second-order valence-electron chi connectivity index (χ2n) is 3.11. The Morgan fingerprint density at radius 1 is 1.36 bits per heavy atom. The van der Waals surface area contributed by atoms with Crippen molar-refractivity contribution in [1.82, 2.24) is 0 Å². The molecule has 0 radical (unpaired) electrons. The Bertz CT molecular complexity index is 342. The molecule has 0 aromatic heterocycles. The summed E-state index contributed by atoms with van der Waals surface area (Å²) in [5.74, 6) is 0.333. The average molecular weight is 269 g/mol. The van der Waals surface area contributed by atoms with E-state index in [1.165, 1.54) is 0 Å². The fourth-order valence-corrected chi connectivity index (χ4v) is 2.13. The fourth-order valence-electron chi connectivity index (χ4n) is 1.01. The third-order valence-corrected chi connectivity index (χ3v) is 2.83. The van der Waals surface area contributed by atoms with E-state index in [1.54, 1.807) is 12.1 Å². The fraction of sp³-hybridized carbons (Fsp3) is 0.333. The normalized spacial score (nSPS) is 12.4. The van der Waals surface area contributed by atoms with Gasteiger partial charge in [-0.2, -0.15) is 0 Å². The van der Waals surface area contributed by atoms with Gasteiger partial charge < -0.3 is 4.55 Å². The van der Waals surface area contributed by atoms with Crippen molar-refractivity contribution in [1.29, 1.82) is 0 Å². The van der Waals surface area contributed by atoms with Crippen LogP contribution in [0.2, 0.25) is 0 Å². The summed E-state index contributed by atoms with van der Waals surface area (Å²) in [5.41, 5.74) is 1.02. The molecular weight excluding hydrogens is 259 g/mol. The van der Waals surface area contributed by atoms with Crippen molar-refractivity contribution in [2.45, 2.75) is 24.7 Å². The Kier molecular flexibility index (Phi) is 6.27. The van der Waals surface area contributed by atoms with Crippen LogP contribution in [0, 0.1) is 0 Å². The van der Waals surface area contributed by atoms with Crippen molar-refractivity contribution in [3.63, 3.8) is 0 Å². The predicted molar refractivity (Wildman–Crippen MR) is 55.4 cm³/mol. The summed E-state index contributed by atoms with van der Waals surface area (Å²) < 4.78 is 22.2. The van der Waals surface area contributed by atoms with Crippen molar-refractivity contribution in [3.8, 4) is 0 Å². The van der Waals surface area contributed by atoms with Crippen molar-refractivity contribution in [2.24, 2.45) is 0 Å². The first kappa shape index (κ1) is 14.4. The van der Waals surface area contributed by atoms with Gasteiger partial charge >= 0.3 is 18.9 Å². The molecule has 0 aliphatic heterocycles. The maximum absolute atomic E-state index is 10.7. The minimum absolute atomic E-state index is 0. The molecule has 0 N–H and O–H groups in total. The maximum Gasteiger partial charge on any atom is 1.00 e. The zero-order valence-corrected chi connectivity index (χ0v) is 10.8. The van der Waals surface area contributed by atoms with Crippen LogP contribution in [0.4, 0.5) is 0 Å². The van der Waals surface area contributed by atoms with Crippen LogP contribution in [-0.4, -0.2) is 8.76 Å². The van der Waals surface area contributed by atoms with Gasteiger partial charge in [-0.15, -0.1) is 0 Å². The molecule has 0 bridgehead atoms. The second kappa shape index (κ2) is 6.09. The SMILES string of the molecule is CC(C)c1cc(Br)cc(S(=O)[O-])c1.[Li+]. The molecule has 0 aliphatic rings. The van der Waals surface area contributed by atoms with Gasteiger partial charge in [0, 0.05) is 9.37 Å². The summed E-state index contributed by atoms with van der Waals surface area (Å²) in [6.45, 7) is 4.05. The second-order valence-corrected chi connectivity index (χ2v) is 4.97. The smallest absolute Gasteiger partial charge is 0.768 e. The Balaban J connectivity index is 0.00000169. The molecule has 0 spiro atoms. The van der Waals surface area contributed by atoms with Crippen molar-refractivity contribution < 1.29 is 27.6 Å². The van der Waals surface area contributed by atoms with Crippen LogP contribution in [0.5, 0.6) is 0 Å². The van der Waals surface area contributed by atoms with Gasteiger partial charge in [0.15, 0.2) is 0 Å². The van der Waals surface area contributed by atoms with Gasteiger partial charge in [0.25, 0.3) is 0 Å². The molecule has 0 heterocycles. The number of hydrogen-bond donors (Lipinski definition) is 0. The standard InChI is InChI=1S/C9H11BrO2S.Li/c1-6(2)7-3-8(10)5-9(4-7)13(11)12;/h3-6H,1-2H3,(H,11,12);/q;+1/p-1. The number of hydrogen-bond acceptors (Lipinski definition) is 2. The average Bonchev–Trinajstić information content (AvgIpc) is 2.03. The van der Waals surface area contributed by atoms with Gasteiger partial charge in [-0.05, 0) is 40.8 Å². The Morgan fingerprint density at radius 2 is 1.93 bits per heavy atom.